The number of hydrogen-bond acceptors (Lipinski definition) is 5. The van der Waals surface area contributed by atoms with Crippen LogP contribution in [0.4, 0.5) is 21.6 Å². The van der Waals surface area contributed by atoms with Crippen molar-refractivity contribution < 1.29 is 9.18 Å². The van der Waals surface area contributed by atoms with E-state index in [1.54, 1.807) is 11.8 Å². The van der Waals surface area contributed by atoms with Gasteiger partial charge in [-0.25, -0.2) is 9.37 Å². The third-order valence-corrected chi connectivity index (χ3v) is 5.10. The Morgan fingerprint density at radius 1 is 1.18 bits per heavy atom. The predicted octanol–water partition coefficient (Wildman–Crippen LogP) is 6.03. The Labute approximate surface area is 175 Å². The number of aromatic nitrogens is 2. The maximum atomic E-state index is 14.0. The quantitative estimate of drug-likeness (QED) is 0.364. The molecule has 1 amide bonds. The van der Waals surface area contributed by atoms with Crippen molar-refractivity contribution >= 4 is 58.1 Å². The summed E-state index contributed by atoms with van der Waals surface area (Å²) in [6, 6.07) is 11.7. The number of carbonyl (C=O) groups is 1. The molecule has 1 heterocycles. The maximum Gasteiger partial charge on any atom is 0.261 e. The molecule has 0 aliphatic rings. The van der Waals surface area contributed by atoms with Gasteiger partial charge in [0.1, 0.15) is 17.2 Å². The monoisotopic (exact) mass is 436 g/mol. The van der Waals surface area contributed by atoms with Crippen molar-refractivity contribution in [3.05, 3.63) is 70.3 Å². The first-order valence-electron chi connectivity index (χ1n) is 8.26. The molecule has 0 unspecified atom stereocenters. The SMILES string of the molecule is CCSc1ccccc1Nc1nc(Cl)ncc1C(=O)Nc1c(F)cccc1Cl. The van der Waals surface area contributed by atoms with Gasteiger partial charge < -0.3 is 10.6 Å². The fourth-order valence-electron chi connectivity index (χ4n) is 2.40. The average molecular weight is 437 g/mol. The second-order valence-electron chi connectivity index (χ2n) is 5.51. The standard InChI is InChI=1S/C19H15Cl2FN4OS/c1-2-28-15-9-4-3-8-14(15)24-17-11(10-23-19(21)26-17)18(27)25-16-12(20)6-5-7-13(16)22/h3-10H,2H2,1H3,(H,25,27)(H,23,24,26). The average Bonchev–Trinajstić information content (AvgIpc) is 2.66. The van der Waals surface area contributed by atoms with Crippen molar-refractivity contribution in [2.45, 2.75) is 11.8 Å². The minimum Gasteiger partial charge on any atom is -0.339 e. The Morgan fingerprint density at radius 2 is 1.96 bits per heavy atom. The van der Waals surface area contributed by atoms with Gasteiger partial charge in [-0.1, -0.05) is 36.7 Å². The summed E-state index contributed by atoms with van der Waals surface area (Å²) in [4.78, 5) is 21.7. The summed E-state index contributed by atoms with van der Waals surface area (Å²) in [6.07, 6.45) is 1.28. The van der Waals surface area contributed by atoms with Gasteiger partial charge in [0.05, 0.1) is 16.4 Å². The van der Waals surface area contributed by atoms with E-state index >= 15 is 0 Å². The molecule has 0 saturated heterocycles. The summed E-state index contributed by atoms with van der Waals surface area (Å²) < 4.78 is 14.0. The van der Waals surface area contributed by atoms with E-state index in [0.717, 1.165) is 16.3 Å². The van der Waals surface area contributed by atoms with Crippen LogP contribution in [0, 0.1) is 5.82 Å². The molecule has 0 spiro atoms. The summed E-state index contributed by atoms with van der Waals surface area (Å²) in [5.74, 6) is -0.182. The fraction of sp³-hybridized carbons (Fsp3) is 0.105. The molecular formula is C19H15Cl2FN4OS. The second kappa shape index (κ2) is 9.23. The first kappa shape index (κ1) is 20.4. The van der Waals surface area contributed by atoms with E-state index in [1.807, 2.05) is 31.2 Å². The zero-order valence-corrected chi connectivity index (χ0v) is 17.0. The molecule has 28 heavy (non-hydrogen) atoms. The van der Waals surface area contributed by atoms with Gasteiger partial charge in [-0.2, -0.15) is 4.98 Å². The predicted molar refractivity (Wildman–Crippen MR) is 113 cm³/mol. The van der Waals surface area contributed by atoms with Crippen molar-refractivity contribution in [3.63, 3.8) is 0 Å². The van der Waals surface area contributed by atoms with Crippen molar-refractivity contribution in [3.8, 4) is 0 Å². The van der Waals surface area contributed by atoms with Gasteiger partial charge >= 0.3 is 0 Å². The Bertz CT molecular complexity index is 999. The highest BCUT2D eigenvalue weighted by Gasteiger charge is 2.18. The molecule has 9 heteroatoms. The summed E-state index contributed by atoms with van der Waals surface area (Å²) >= 11 is 13.5. The Hall–Kier alpha value is -2.35. The van der Waals surface area contributed by atoms with Gasteiger partial charge in [0.15, 0.2) is 0 Å². The van der Waals surface area contributed by atoms with Gasteiger partial charge in [0.2, 0.25) is 5.28 Å². The third-order valence-electron chi connectivity index (χ3n) is 3.65. The lowest BCUT2D eigenvalue weighted by Gasteiger charge is -2.14. The van der Waals surface area contributed by atoms with E-state index in [2.05, 4.69) is 20.6 Å². The summed E-state index contributed by atoms with van der Waals surface area (Å²) in [7, 11) is 0. The van der Waals surface area contributed by atoms with Crippen LogP contribution in [0.3, 0.4) is 0 Å². The number of halogens is 3. The van der Waals surface area contributed by atoms with Crippen LogP contribution in [0.15, 0.2) is 53.6 Å². The number of nitrogens with one attached hydrogen (secondary N) is 2. The van der Waals surface area contributed by atoms with E-state index in [9.17, 15) is 9.18 Å². The van der Waals surface area contributed by atoms with Crippen LogP contribution in [0.5, 0.6) is 0 Å². The number of rotatable bonds is 6. The van der Waals surface area contributed by atoms with Crippen LogP contribution in [-0.2, 0) is 0 Å². The summed E-state index contributed by atoms with van der Waals surface area (Å²) in [6.45, 7) is 2.04. The van der Waals surface area contributed by atoms with E-state index in [0.29, 0.717) is 0 Å². The molecule has 0 radical (unpaired) electrons. The van der Waals surface area contributed by atoms with E-state index in [-0.39, 0.29) is 27.4 Å². The molecule has 0 aliphatic carbocycles. The van der Waals surface area contributed by atoms with Crippen molar-refractivity contribution in [1.29, 1.82) is 0 Å². The van der Waals surface area contributed by atoms with Gasteiger partial charge in [-0.3, -0.25) is 4.79 Å². The molecule has 0 bridgehead atoms. The van der Waals surface area contributed by atoms with Crippen LogP contribution in [-0.4, -0.2) is 21.6 Å². The number of carbonyl (C=O) groups excluding carboxylic acids is 1. The fourth-order valence-corrected chi connectivity index (χ4v) is 3.50. The molecule has 3 aromatic rings. The van der Waals surface area contributed by atoms with Gasteiger partial charge in [-0.05, 0) is 41.6 Å². The molecule has 3 rings (SSSR count). The molecule has 2 N–H and O–H groups in total. The van der Waals surface area contributed by atoms with Crippen LogP contribution >= 0.6 is 35.0 Å². The van der Waals surface area contributed by atoms with Gasteiger partial charge in [-0.15, -0.1) is 11.8 Å². The summed E-state index contributed by atoms with van der Waals surface area (Å²) in [5, 5.41) is 5.65. The highest BCUT2D eigenvalue weighted by molar-refractivity contribution is 7.99. The molecule has 1 aromatic heterocycles. The lowest BCUT2D eigenvalue weighted by Crippen LogP contribution is -2.16. The minimum absolute atomic E-state index is 0.0244. The molecule has 0 atom stereocenters. The number of thioether (sulfide) groups is 1. The second-order valence-corrected chi connectivity index (χ2v) is 7.56. The topological polar surface area (TPSA) is 66.9 Å². The highest BCUT2D eigenvalue weighted by Crippen LogP contribution is 2.31. The molecule has 0 aliphatic heterocycles. The normalized spacial score (nSPS) is 10.6. The smallest absolute Gasteiger partial charge is 0.261 e. The van der Waals surface area contributed by atoms with Crippen LogP contribution in [0.1, 0.15) is 17.3 Å². The van der Waals surface area contributed by atoms with Crippen molar-refractivity contribution in [2.24, 2.45) is 0 Å². The van der Waals surface area contributed by atoms with Crippen molar-refractivity contribution in [2.75, 3.05) is 16.4 Å². The lowest BCUT2D eigenvalue weighted by atomic mass is 10.2. The Balaban J connectivity index is 1.94. The minimum atomic E-state index is -0.644. The summed E-state index contributed by atoms with van der Waals surface area (Å²) in [5.41, 5.74) is 0.749. The van der Waals surface area contributed by atoms with Crippen LogP contribution in [0.25, 0.3) is 0 Å². The molecule has 0 saturated carbocycles. The van der Waals surface area contributed by atoms with Gasteiger partial charge in [0.25, 0.3) is 5.91 Å². The van der Waals surface area contributed by atoms with Gasteiger partial charge in [0, 0.05) is 11.1 Å². The van der Waals surface area contributed by atoms with Crippen molar-refractivity contribution in [1.82, 2.24) is 9.97 Å². The van der Waals surface area contributed by atoms with Crippen LogP contribution < -0.4 is 10.6 Å². The van der Waals surface area contributed by atoms with E-state index < -0.39 is 11.7 Å². The largest absolute Gasteiger partial charge is 0.339 e. The number of para-hydroxylation sites is 2. The molecule has 2 aromatic carbocycles. The first-order valence-corrected chi connectivity index (χ1v) is 10.0. The zero-order valence-electron chi connectivity index (χ0n) is 14.7. The molecule has 5 nitrogen and oxygen atoms in total. The lowest BCUT2D eigenvalue weighted by molar-refractivity contribution is 0.102. The number of hydrogen-bond donors (Lipinski definition) is 2. The van der Waals surface area contributed by atoms with Crippen LogP contribution in [0.2, 0.25) is 10.3 Å². The Morgan fingerprint density at radius 3 is 2.71 bits per heavy atom. The molecule has 0 fully saturated rings. The maximum absolute atomic E-state index is 14.0. The number of nitrogens with zero attached hydrogens (tertiary/aromatic N) is 2. The van der Waals surface area contributed by atoms with E-state index in [1.165, 1.54) is 24.4 Å². The zero-order chi connectivity index (χ0) is 20.1. The molecule has 144 valence electrons. The Kier molecular flexibility index (Phi) is 6.72. The number of anilines is 3. The number of amides is 1. The highest BCUT2D eigenvalue weighted by atomic mass is 35.5. The third kappa shape index (κ3) is 4.73. The number of benzene rings is 2. The van der Waals surface area contributed by atoms with E-state index in [4.69, 9.17) is 23.2 Å². The molecular weight excluding hydrogens is 422 g/mol. The first-order chi connectivity index (χ1) is 13.5.